The first-order valence-corrected chi connectivity index (χ1v) is 11.5. The van der Waals surface area contributed by atoms with Crippen molar-refractivity contribution in [2.45, 2.75) is 124 Å². The summed E-state index contributed by atoms with van der Waals surface area (Å²) in [4.78, 5) is 0. The Morgan fingerprint density at radius 1 is 0.935 bits per heavy atom. The van der Waals surface area contributed by atoms with E-state index in [9.17, 15) is 2.74 Å². The van der Waals surface area contributed by atoms with Crippen molar-refractivity contribution >= 4 is 12.6 Å². The van der Waals surface area contributed by atoms with Crippen LogP contribution in [0.5, 0.6) is 5.75 Å². The molecule has 174 valence electrons. The number of ether oxygens (including phenoxy) is 1. The number of rotatable bonds is 3. The summed E-state index contributed by atoms with van der Waals surface area (Å²) in [5, 5.41) is 0. The molecule has 0 amide bonds. The molecule has 0 aromatic heterocycles. The Hall–Kier alpha value is -0.995. The van der Waals surface area contributed by atoms with E-state index in [1.54, 1.807) is 7.11 Å². The lowest BCUT2D eigenvalue weighted by molar-refractivity contribution is 0.00578. The molecule has 0 spiro atoms. The largest absolute Gasteiger partial charge is 0.498 e. The van der Waals surface area contributed by atoms with Gasteiger partial charge in [-0.2, -0.15) is 0 Å². The van der Waals surface area contributed by atoms with E-state index in [4.69, 9.17) is 18.2 Å². The molecule has 1 aliphatic carbocycles. The molecule has 3 rings (SSSR count). The maximum atomic E-state index is 9.43. The van der Waals surface area contributed by atoms with Gasteiger partial charge in [0.25, 0.3) is 0 Å². The van der Waals surface area contributed by atoms with Gasteiger partial charge in [0.05, 0.1) is 18.3 Å². The quantitative estimate of drug-likeness (QED) is 0.528. The molecule has 1 aromatic rings. The van der Waals surface area contributed by atoms with Gasteiger partial charge in [-0.1, -0.05) is 48.5 Å². The van der Waals surface area contributed by atoms with Crippen molar-refractivity contribution in [1.82, 2.24) is 0 Å². The Labute approximate surface area is 198 Å². The molecule has 0 atom stereocenters. The fourth-order valence-electron chi connectivity index (χ4n) is 4.84. The van der Waals surface area contributed by atoms with E-state index in [1.807, 2.05) is 48.5 Å². The Bertz CT molecular complexity index is 1030. The standard InChI is InChI=1S/C27H45BO3/c1-17-18(16-23(2,3)4)19-20(25(7,8)15-14-24(19,5)6)22(29-13)21(17)28-30-26(9,10)27(11,12)31-28/h14-16H2,1-13H3/i1D3,16D2. The van der Waals surface area contributed by atoms with Crippen LogP contribution in [-0.4, -0.2) is 25.4 Å². The minimum absolute atomic E-state index is 0.0395. The van der Waals surface area contributed by atoms with Crippen LogP contribution in [0.4, 0.5) is 0 Å². The summed E-state index contributed by atoms with van der Waals surface area (Å²) in [6.07, 6.45) is -0.299. The maximum Gasteiger partial charge on any atom is 0.498 e. The van der Waals surface area contributed by atoms with Crippen LogP contribution in [0.2, 0.25) is 0 Å². The van der Waals surface area contributed by atoms with E-state index in [2.05, 4.69) is 27.7 Å². The van der Waals surface area contributed by atoms with E-state index in [1.165, 1.54) is 0 Å². The summed E-state index contributed by atoms with van der Waals surface area (Å²) in [7, 11) is 0.546. The molecular formula is C27H45BO3. The van der Waals surface area contributed by atoms with Gasteiger partial charge < -0.3 is 14.0 Å². The molecule has 0 N–H and O–H groups in total. The minimum atomic E-state index is -2.63. The highest BCUT2D eigenvalue weighted by atomic mass is 16.7. The summed E-state index contributed by atoms with van der Waals surface area (Å²) in [5.41, 5.74) is -1.00. The zero-order valence-corrected chi connectivity index (χ0v) is 21.7. The van der Waals surface area contributed by atoms with Crippen LogP contribution in [0, 0.1) is 12.3 Å². The summed E-state index contributed by atoms with van der Waals surface area (Å²) in [5.74, 6) is 0.445. The summed E-state index contributed by atoms with van der Waals surface area (Å²) < 4.78 is 63.9. The topological polar surface area (TPSA) is 27.7 Å². The highest BCUT2D eigenvalue weighted by molar-refractivity contribution is 6.64. The molecule has 3 nitrogen and oxygen atoms in total. The zero-order chi connectivity index (χ0) is 28.1. The van der Waals surface area contributed by atoms with Crippen LogP contribution in [0.1, 0.15) is 118 Å². The zero-order valence-electron chi connectivity index (χ0n) is 26.7. The van der Waals surface area contributed by atoms with Crippen LogP contribution in [0.3, 0.4) is 0 Å². The van der Waals surface area contributed by atoms with E-state index >= 15 is 0 Å². The molecule has 1 saturated heterocycles. The van der Waals surface area contributed by atoms with E-state index in [0.717, 1.165) is 24.0 Å². The van der Waals surface area contributed by atoms with E-state index in [-0.39, 0.29) is 16.5 Å². The molecule has 0 bridgehead atoms. The van der Waals surface area contributed by atoms with Gasteiger partial charge in [0, 0.05) is 17.9 Å². The van der Waals surface area contributed by atoms with Crippen molar-refractivity contribution in [2.24, 2.45) is 5.41 Å². The molecule has 1 aliphatic heterocycles. The lowest BCUT2D eigenvalue weighted by Crippen LogP contribution is -2.44. The van der Waals surface area contributed by atoms with Crippen molar-refractivity contribution in [3.05, 3.63) is 22.3 Å². The fourth-order valence-corrected chi connectivity index (χ4v) is 4.84. The first kappa shape index (κ1) is 18.4. The summed E-state index contributed by atoms with van der Waals surface area (Å²) in [6, 6.07) is 0. The minimum Gasteiger partial charge on any atom is -0.497 e. The Kier molecular flexibility index (Phi) is 4.31. The normalized spacial score (nSPS) is 26.8. The van der Waals surface area contributed by atoms with Crippen molar-refractivity contribution in [1.29, 1.82) is 0 Å². The molecule has 31 heavy (non-hydrogen) atoms. The average Bonchev–Trinajstić information content (AvgIpc) is 2.88. The third-order valence-corrected chi connectivity index (χ3v) is 7.41. The molecule has 2 aliphatic rings. The highest BCUT2D eigenvalue weighted by Crippen LogP contribution is 2.52. The molecule has 1 heterocycles. The van der Waals surface area contributed by atoms with Gasteiger partial charge in [-0.25, -0.2) is 0 Å². The number of fused-ring (bicyclic) bond motifs is 1. The Morgan fingerprint density at radius 3 is 1.84 bits per heavy atom. The lowest BCUT2D eigenvalue weighted by Gasteiger charge is -2.45. The van der Waals surface area contributed by atoms with Crippen LogP contribution in [0.15, 0.2) is 0 Å². The second-order valence-corrected chi connectivity index (χ2v) is 12.7. The summed E-state index contributed by atoms with van der Waals surface area (Å²) >= 11 is 0. The Morgan fingerprint density at radius 2 is 1.42 bits per heavy atom. The van der Waals surface area contributed by atoms with Crippen molar-refractivity contribution in [3.8, 4) is 5.75 Å². The second kappa shape index (κ2) is 7.25. The Balaban J connectivity index is 2.67. The first-order chi connectivity index (χ1) is 15.8. The van der Waals surface area contributed by atoms with Gasteiger partial charge in [-0.15, -0.1) is 0 Å². The SMILES string of the molecule is [2H]C([2H])([2H])c1c(B2OC(C)(C)C(C)(C)O2)c(OC)c2c(c1C([2H])([2H])C(C)(C)C)C(C)(C)CCC2(C)C. The summed E-state index contributed by atoms with van der Waals surface area (Å²) in [6.45, 7) is 19.0. The molecule has 0 saturated carbocycles. The van der Waals surface area contributed by atoms with E-state index in [0.29, 0.717) is 11.2 Å². The van der Waals surface area contributed by atoms with Gasteiger partial charge in [0.15, 0.2) is 0 Å². The fraction of sp³-hybridized carbons (Fsp3) is 0.778. The van der Waals surface area contributed by atoms with Crippen molar-refractivity contribution < 1.29 is 20.9 Å². The molecule has 1 fully saturated rings. The second-order valence-electron chi connectivity index (χ2n) is 12.7. The first-order valence-electron chi connectivity index (χ1n) is 14.0. The lowest BCUT2D eigenvalue weighted by atomic mass is 9.57. The average molecular weight is 433 g/mol. The predicted molar refractivity (Wildman–Crippen MR) is 132 cm³/mol. The monoisotopic (exact) mass is 433 g/mol. The van der Waals surface area contributed by atoms with Crippen molar-refractivity contribution in [3.63, 3.8) is 0 Å². The van der Waals surface area contributed by atoms with Crippen molar-refractivity contribution in [2.75, 3.05) is 7.11 Å². The van der Waals surface area contributed by atoms with E-state index < -0.39 is 42.4 Å². The van der Waals surface area contributed by atoms with Gasteiger partial charge in [-0.05, 0) is 86.7 Å². The van der Waals surface area contributed by atoms with Gasteiger partial charge in [0.2, 0.25) is 0 Å². The molecule has 0 unspecified atom stereocenters. The van der Waals surface area contributed by atoms with Gasteiger partial charge in [0.1, 0.15) is 5.75 Å². The van der Waals surface area contributed by atoms with Gasteiger partial charge in [-0.3, -0.25) is 0 Å². The molecular weight excluding hydrogens is 383 g/mol. The number of hydrogen-bond donors (Lipinski definition) is 0. The van der Waals surface area contributed by atoms with Gasteiger partial charge >= 0.3 is 7.12 Å². The van der Waals surface area contributed by atoms with Crippen LogP contribution in [0.25, 0.3) is 0 Å². The van der Waals surface area contributed by atoms with Crippen LogP contribution < -0.4 is 10.2 Å². The molecule has 4 heteroatoms. The third kappa shape index (κ3) is 4.08. The van der Waals surface area contributed by atoms with Crippen LogP contribution >= 0.6 is 0 Å². The molecule has 0 radical (unpaired) electrons. The number of hydrogen-bond acceptors (Lipinski definition) is 3. The predicted octanol–water partition coefficient (Wildman–Crippen LogP) is 6.24. The number of methoxy groups -OCH3 is 1. The van der Waals surface area contributed by atoms with Crippen LogP contribution in [-0.2, 0) is 26.5 Å². The smallest absolute Gasteiger partial charge is 0.497 e. The maximum absolute atomic E-state index is 9.43. The third-order valence-electron chi connectivity index (χ3n) is 7.41. The number of benzene rings is 1. The highest BCUT2D eigenvalue weighted by Gasteiger charge is 2.54. The molecule has 1 aromatic carbocycles.